The van der Waals surface area contributed by atoms with Crippen LogP contribution in [-0.2, 0) is 38.4 Å². The Bertz CT molecular complexity index is 1460. The number of nitrogens with zero attached hydrogens (tertiary/aromatic N) is 1. The predicted octanol–water partition coefficient (Wildman–Crippen LogP) is 2.23. The third-order valence-corrected chi connectivity index (χ3v) is 7.84. The number of phenolic OH excluding ortho intramolecular Hbond substituents is 1. The molecule has 1 fully saturated rings. The molecular formula is C34H42ClN5O5. The molecule has 0 aliphatic carbocycles. The Kier molecular flexibility index (Phi) is 12.5. The van der Waals surface area contributed by atoms with Gasteiger partial charge in [0.05, 0.1) is 6.04 Å². The summed E-state index contributed by atoms with van der Waals surface area (Å²) in [4.78, 5) is 54.5. The lowest BCUT2D eigenvalue weighted by Crippen LogP contribution is -2.58. The molecule has 1 aliphatic heterocycles. The smallest absolute Gasteiger partial charge is 0.243 e. The molecule has 1 aliphatic rings. The standard InChI is InChI=1S/C34H41N5O5.ClH/c1-21-15-22(2)17-25(16-21)20-29(32(42)37-28(31(36)41)19-23-7-4-3-5-8-23)38-33(43)30-9-6-14-39(30)34(44)27(35)18-24-10-12-26(40)13-11-24;/h3-5,7-8,10-13,15-17,27-30,40H,6,9,14,18-20,35H2,1-2H3,(H2,36,41)(H,37,42)(H,38,43);1H/t27-,28-,29-,30-;/m0./s1. The SMILES string of the molecule is Cc1cc(C)cc(C[C@H](NC(=O)[C@@H]2CCCN2C(=O)[C@@H](N)Cc2ccc(O)cc2)C(=O)N[C@@H](Cc2ccccc2)C(N)=O)c1.Cl. The third-order valence-electron chi connectivity index (χ3n) is 7.84. The summed E-state index contributed by atoms with van der Waals surface area (Å²) < 4.78 is 0. The highest BCUT2D eigenvalue weighted by atomic mass is 35.5. The van der Waals surface area contributed by atoms with Gasteiger partial charge in [0.25, 0.3) is 0 Å². The Morgan fingerprint density at radius 3 is 2.07 bits per heavy atom. The van der Waals surface area contributed by atoms with E-state index < -0.39 is 41.9 Å². The van der Waals surface area contributed by atoms with E-state index in [4.69, 9.17) is 11.5 Å². The first kappa shape index (κ1) is 35.1. The van der Waals surface area contributed by atoms with Crippen LogP contribution in [0.1, 0.15) is 40.7 Å². The fraction of sp³-hybridized carbons (Fsp3) is 0.353. The summed E-state index contributed by atoms with van der Waals surface area (Å²) in [6.45, 7) is 4.28. The molecule has 1 heterocycles. The molecule has 11 heteroatoms. The fourth-order valence-corrected chi connectivity index (χ4v) is 5.73. The lowest BCUT2D eigenvalue weighted by atomic mass is 9.99. The summed E-state index contributed by atoms with van der Waals surface area (Å²) in [6.07, 6.45) is 1.68. The van der Waals surface area contributed by atoms with Crippen molar-refractivity contribution < 1.29 is 24.3 Å². The van der Waals surface area contributed by atoms with Crippen LogP contribution in [-0.4, -0.2) is 64.3 Å². The molecule has 0 aromatic heterocycles. The molecule has 0 spiro atoms. The minimum atomic E-state index is -1.02. The molecule has 4 atom stereocenters. The largest absolute Gasteiger partial charge is 0.508 e. The number of rotatable bonds is 12. The van der Waals surface area contributed by atoms with Crippen molar-refractivity contribution in [2.45, 2.75) is 70.1 Å². The summed E-state index contributed by atoms with van der Waals surface area (Å²) in [6, 6.07) is 17.9. The number of aryl methyl sites for hydroxylation is 2. The van der Waals surface area contributed by atoms with Gasteiger partial charge in [-0.05, 0) is 61.9 Å². The van der Waals surface area contributed by atoms with Crippen molar-refractivity contribution in [3.63, 3.8) is 0 Å². The number of amides is 4. The first-order chi connectivity index (χ1) is 21.0. The quantitative estimate of drug-likeness (QED) is 0.205. The zero-order valence-electron chi connectivity index (χ0n) is 25.6. The maximum Gasteiger partial charge on any atom is 0.243 e. The number of primary amides is 1. The van der Waals surface area contributed by atoms with E-state index in [2.05, 4.69) is 10.6 Å². The lowest BCUT2D eigenvalue weighted by molar-refractivity contribution is -0.140. The van der Waals surface area contributed by atoms with Gasteiger partial charge in [-0.1, -0.05) is 71.8 Å². The van der Waals surface area contributed by atoms with Crippen molar-refractivity contribution >= 4 is 36.0 Å². The molecule has 10 nitrogen and oxygen atoms in total. The Labute approximate surface area is 270 Å². The maximum absolute atomic E-state index is 13.7. The first-order valence-corrected chi connectivity index (χ1v) is 14.8. The van der Waals surface area contributed by atoms with Crippen molar-refractivity contribution in [1.29, 1.82) is 0 Å². The number of halogens is 1. The molecule has 3 aromatic carbocycles. The summed E-state index contributed by atoms with van der Waals surface area (Å²) in [5.41, 5.74) is 16.4. The second-order valence-electron chi connectivity index (χ2n) is 11.6. The van der Waals surface area contributed by atoms with Crippen LogP contribution in [0.25, 0.3) is 0 Å². The number of aromatic hydroxyl groups is 1. The maximum atomic E-state index is 13.7. The van der Waals surface area contributed by atoms with E-state index in [1.807, 2.05) is 62.4 Å². The lowest BCUT2D eigenvalue weighted by Gasteiger charge is -2.29. The number of carbonyl (C=O) groups excluding carboxylic acids is 4. The van der Waals surface area contributed by atoms with Crippen molar-refractivity contribution in [2.24, 2.45) is 11.5 Å². The Hall–Kier alpha value is -4.41. The molecular weight excluding hydrogens is 594 g/mol. The molecule has 240 valence electrons. The van der Waals surface area contributed by atoms with E-state index in [1.54, 1.807) is 12.1 Å². The van der Waals surface area contributed by atoms with Crippen molar-refractivity contribution in [1.82, 2.24) is 15.5 Å². The minimum absolute atomic E-state index is 0. The Morgan fingerprint density at radius 2 is 1.44 bits per heavy atom. The van der Waals surface area contributed by atoms with Crippen molar-refractivity contribution in [2.75, 3.05) is 6.54 Å². The number of benzene rings is 3. The molecule has 7 N–H and O–H groups in total. The third kappa shape index (κ3) is 9.79. The molecule has 4 rings (SSSR count). The molecule has 1 saturated heterocycles. The summed E-state index contributed by atoms with van der Waals surface area (Å²) in [7, 11) is 0. The molecule has 45 heavy (non-hydrogen) atoms. The van der Waals surface area contributed by atoms with Gasteiger partial charge in [-0.25, -0.2) is 0 Å². The number of phenols is 1. The number of hydrogen-bond acceptors (Lipinski definition) is 6. The number of carbonyl (C=O) groups is 4. The van der Waals surface area contributed by atoms with Crippen LogP contribution in [0.4, 0.5) is 0 Å². The van der Waals surface area contributed by atoms with Crippen LogP contribution in [0.5, 0.6) is 5.75 Å². The van der Waals surface area contributed by atoms with E-state index in [-0.39, 0.29) is 43.3 Å². The number of nitrogens with two attached hydrogens (primary N) is 2. The highest BCUT2D eigenvalue weighted by Crippen LogP contribution is 2.21. The molecule has 3 aromatic rings. The molecule has 0 radical (unpaired) electrons. The average molecular weight is 636 g/mol. The Morgan fingerprint density at radius 1 is 0.844 bits per heavy atom. The number of likely N-dealkylation sites (tertiary alicyclic amines) is 1. The van der Waals surface area contributed by atoms with Gasteiger partial charge in [0.2, 0.25) is 23.6 Å². The van der Waals surface area contributed by atoms with Gasteiger partial charge in [0.15, 0.2) is 0 Å². The molecule has 4 amide bonds. The Balaban J connectivity index is 0.00000552. The van der Waals surface area contributed by atoms with E-state index in [9.17, 15) is 24.3 Å². The first-order valence-electron chi connectivity index (χ1n) is 14.8. The van der Waals surface area contributed by atoms with Gasteiger partial charge in [-0.2, -0.15) is 0 Å². The average Bonchev–Trinajstić information content (AvgIpc) is 3.47. The summed E-state index contributed by atoms with van der Waals surface area (Å²) in [5.74, 6) is -1.93. The normalized spacial score (nSPS) is 16.2. The van der Waals surface area contributed by atoms with Crippen LogP contribution in [0, 0.1) is 13.8 Å². The van der Waals surface area contributed by atoms with E-state index in [0.29, 0.717) is 19.4 Å². The van der Waals surface area contributed by atoms with Crippen LogP contribution < -0.4 is 22.1 Å². The number of nitrogens with one attached hydrogen (secondary N) is 2. The van der Waals surface area contributed by atoms with Gasteiger partial charge < -0.3 is 32.1 Å². The van der Waals surface area contributed by atoms with E-state index >= 15 is 0 Å². The second-order valence-corrected chi connectivity index (χ2v) is 11.6. The van der Waals surface area contributed by atoms with Gasteiger partial charge in [-0.15, -0.1) is 12.4 Å². The zero-order chi connectivity index (χ0) is 31.8. The van der Waals surface area contributed by atoms with Gasteiger partial charge in [0.1, 0.15) is 23.9 Å². The second kappa shape index (κ2) is 16.1. The van der Waals surface area contributed by atoms with Crippen LogP contribution in [0.15, 0.2) is 72.8 Å². The topological polar surface area (TPSA) is 168 Å². The van der Waals surface area contributed by atoms with Gasteiger partial charge in [0, 0.05) is 19.4 Å². The molecule has 0 unspecified atom stereocenters. The van der Waals surface area contributed by atoms with Crippen LogP contribution in [0.2, 0.25) is 0 Å². The van der Waals surface area contributed by atoms with Gasteiger partial charge in [-0.3, -0.25) is 19.2 Å². The molecule has 0 bridgehead atoms. The number of hydrogen-bond donors (Lipinski definition) is 5. The van der Waals surface area contributed by atoms with E-state index in [1.165, 1.54) is 17.0 Å². The van der Waals surface area contributed by atoms with Crippen LogP contribution in [0.3, 0.4) is 0 Å². The molecule has 0 saturated carbocycles. The monoisotopic (exact) mass is 635 g/mol. The van der Waals surface area contributed by atoms with Crippen molar-refractivity contribution in [3.8, 4) is 5.75 Å². The highest BCUT2D eigenvalue weighted by Gasteiger charge is 2.38. The minimum Gasteiger partial charge on any atom is -0.508 e. The predicted molar refractivity (Wildman–Crippen MR) is 175 cm³/mol. The van der Waals surface area contributed by atoms with Crippen molar-refractivity contribution in [3.05, 3.63) is 101 Å². The summed E-state index contributed by atoms with van der Waals surface area (Å²) >= 11 is 0. The zero-order valence-corrected chi connectivity index (χ0v) is 26.4. The summed E-state index contributed by atoms with van der Waals surface area (Å²) in [5, 5.41) is 15.2. The van der Waals surface area contributed by atoms with Crippen LogP contribution >= 0.6 is 12.4 Å². The van der Waals surface area contributed by atoms with E-state index in [0.717, 1.165) is 27.8 Å². The van der Waals surface area contributed by atoms with Gasteiger partial charge >= 0.3 is 0 Å². The fourth-order valence-electron chi connectivity index (χ4n) is 5.73. The highest BCUT2D eigenvalue weighted by molar-refractivity contribution is 5.95.